The van der Waals surface area contributed by atoms with Gasteiger partial charge in [-0.15, -0.1) is 0 Å². The van der Waals surface area contributed by atoms with Gasteiger partial charge in [0.25, 0.3) is 0 Å². The Bertz CT molecular complexity index is 397. The molecule has 0 heterocycles. The van der Waals surface area contributed by atoms with E-state index in [1.165, 1.54) is 25.7 Å². The maximum atomic E-state index is 12.2. The van der Waals surface area contributed by atoms with Crippen LogP contribution in [-0.2, 0) is 9.59 Å². The number of carbonyl (C=O) groups is 2. The van der Waals surface area contributed by atoms with Gasteiger partial charge in [0.1, 0.15) is 0 Å². The van der Waals surface area contributed by atoms with Gasteiger partial charge in [0.15, 0.2) is 0 Å². The Hall–Kier alpha value is -1.06. The largest absolute Gasteiger partial charge is 0.353 e. The Morgan fingerprint density at radius 1 is 0.708 bits per heavy atom. The van der Waals surface area contributed by atoms with Crippen molar-refractivity contribution in [3.63, 3.8) is 0 Å². The highest BCUT2D eigenvalue weighted by atomic mass is 16.2. The number of carbonyl (C=O) groups excluding carboxylic acids is 2. The van der Waals surface area contributed by atoms with Crippen molar-refractivity contribution in [3.8, 4) is 0 Å². The van der Waals surface area contributed by atoms with E-state index < -0.39 is 0 Å². The van der Waals surface area contributed by atoms with Gasteiger partial charge in [0.05, 0.1) is 0 Å². The van der Waals surface area contributed by atoms with E-state index in [-0.39, 0.29) is 23.9 Å². The van der Waals surface area contributed by atoms with Crippen LogP contribution in [0, 0.1) is 23.7 Å². The molecule has 2 fully saturated rings. The van der Waals surface area contributed by atoms with Gasteiger partial charge in [-0.2, -0.15) is 0 Å². The van der Waals surface area contributed by atoms with Gasteiger partial charge in [-0.25, -0.2) is 0 Å². The summed E-state index contributed by atoms with van der Waals surface area (Å²) in [5.74, 6) is 2.45. The number of hydrogen-bond acceptors (Lipinski definition) is 2. The Morgan fingerprint density at radius 2 is 1.08 bits per heavy atom. The highest BCUT2D eigenvalue weighted by molar-refractivity contribution is 5.84. The standard InChI is InChI=1S/C20H36N2O2/c1-13-7-5-9-17(15(13)3)21-19(23)11-12-20(24)22-18-10-6-8-14(2)16(18)4/h13-18H,5-12H2,1-4H3,(H,21,23)(H,22,24)/t13-,14+,15+,16-,17-,18-/m1/s1. The molecule has 0 saturated heterocycles. The quantitative estimate of drug-likeness (QED) is 0.805. The van der Waals surface area contributed by atoms with Crippen LogP contribution >= 0.6 is 0 Å². The first-order valence-electron chi connectivity index (χ1n) is 9.97. The number of nitrogens with one attached hydrogen (secondary N) is 2. The summed E-state index contributed by atoms with van der Waals surface area (Å²) in [6, 6.07) is 0.562. The zero-order valence-electron chi connectivity index (χ0n) is 15.9. The SMILES string of the molecule is C[C@@H]1[C@@H](C)CCC[C@H]1NC(=O)CCC(=O)N[C@@H]1CCC[C@@H](C)[C@@H]1C. The lowest BCUT2D eigenvalue weighted by atomic mass is 9.78. The fraction of sp³-hybridized carbons (Fsp3) is 0.900. The lowest BCUT2D eigenvalue weighted by Crippen LogP contribution is -2.45. The molecule has 0 aliphatic heterocycles. The highest BCUT2D eigenvalue weighted by Gasteiger charge is 2.29. The molecule has 2 saturated carbocycles. The van der Waals surface area contributed by atoms with Crippen LogP contribution in [0.5, 0.6) is 0 Å². The van der Waals surface area contributed by atoms with Crippen molar-refractivity contribution in [2.75, 3.05) is 0 Å². The average Bonchev–Trinajstić information content (AvgIpc) is 2.54. The fourth-order valence-corrected chi connectivity index (χ4v) is 4.36. The summed E-state index contributed by atoms with van der Waals surface area (Å²) in [7, 11) is 0. The third-order valence-electron chi connectivity index (χ3n) is 6.69. The maximum absolute atomic E-state index is 12.2. The van der Waals surface area contributed by atoms with Crippen LogP contribution in [0.1, 0.15) is 79.1 Å². The van der Waals surface area contributed by atoms with E-state index in [0.717, 1.165) is 12.8 Å². The van der Waals surface area contributed by atoms with Gasteiger partial charge in [0.2, 0.25) is 11.8 Å². The van der Waals surface area contributed by atoms with Crippen molar-refractivity contribution in [1.82, 2.24) is 10.6 Å². The van der Waals surface area contributed by atoms with Gasteiger partial charge >= 0.3 is 0 Å². The van der Waals surface area contributed by atoms with Gasteiger partial charge in [0, 0.05) is 24.9 Å². The molecule has 0 aromatic rings. The summed E-state index contributed by atoms with van der Waals surface area (Å²) in [5, 5.41) is 6.31. The molecule has 2 N–H and O–H groups in total. The Labute approximate surface area is 147 Å². The summed E-state index contributed by atoms with van der Waals surface area (Å²) >= 11 is 0. The minimum Gasteiger partial charge on any atom is -0.353 e. The molecule has 0 spiro atoms. The molecule has 4 nitrogen and oxygen atoms in total. The lowest BCUT2D eigenvalue weighted by Gasteiger charge is -2.35. The molecule has 0 aromatic carbocycles. The predicted octanol–water partition coefficient (Wildman–Crippen LogP) is 3.65. The molecule has 2 rings (SSSR count). The van der Waals surface area contributed by atoms with E-state index >= 15 is 0 Å². The van der Waals surface area contributed by atoms with Crippen LogP contribution in [0.25, 0.3) is 0 Å². The topological polar surface area (TPSA) is 58.2 Å². The predicted molar refractivity (Wildman–Crippen MR) is 97.5 cm³/mol. The van der Waals surface area contributed by atoms with Crippen molar-refractivity contribution in [3.05, 3.63) is 0 Å². The second-order valence-electron chi connectivity index (χ2n) is 8.38. The molecule has 2 amide bonds. The van der Waals surface area contributed by atoms with Crippen molar-refractivity contribution in [1.29, 1.82) is 0 Å². The first-order chi connectivity index (χ1) is 11.4. The third-order valence-corrected chi connectivity index (χ3v) is 6.69. The van der Waals surface area contributed by atoms with Gasteiger partial charge in [-0.05, 0) is 36.5 Å². The summed E-state index contributed by atoms with van der Waals surface area (Å²) < 4.78 is 0. The van der Waals surface area contributed by atoms with Crippen LogP contribution in [0.15, 0.2) is 0 Å². The molecule has 2 aliphatic rings. The smallest absolute Gasteiger partial charge is 0.220 e. The van der Waals surface area contributed by atoms with Crippen LogP contribution in [0.4, 0.5) is 0 Å². The Kier molecular flexibility index (Phi) is 7.12. The van der Waals surface area contributed by atoms with E-state index in [9.17, 15) is 9.59 Å². The van der Waals surface area contributed by atoms with Crippen LogP contribution < -0.4 is 10.6 Å². The molecule has 0 aromatic heterocycles. The summed E-state index contributed by atoms with van der Waals surface area (Å²) in [6.45, 7) is 8.99. The lowest BCUT2D eigenvalue weighted by molar-refractivity contribution is -0.128. The second kappa shape index (κ2) is 8.87. The van der Waals surface area contributed by atoms with Crippen molar-refractivity contribution >= 4 is 11.8 Å². The molecule has 0 bridgehead atoms. The van der Waals surface area contributed by atoms with Gasteiger partial charge in [-0.3, -0.25) is 9.59 Å². The fourth-order valence-electron chi connectivity index (χ4n) is 4.36. The van der Waals surface area contributed by atoms with Crippen molar-refractivity contribution in [2.24, 2.45) is 23.7 Å². The second-order valence-corrected chi connectivity index (χ2v) is 8.38. The average molecular weight is 337 g/mol. The zero-order valence-corrected chi connectivity index (χ0v) is 15.9. The minimum absolute atomic E-state index is 0.0289. The van der Waals surface area contributed by atoms with Gasteiger partial charge < -0.3 is 10.6 Å². The van der Waals surface area contributed by atoms with Crippen molar-refractivity contribution in [2.45, 2.75) is 91.1 Å². The molecular formula is C20H36N2O2. The van der Waals surface area contributed by atoms with Crippen LogP contribution in [0.3, 0.4) is 0 Å². The third kappa shape index (κ3) is 5.22. The molecule has 6 atom stereocenters. The molecule has 0 unspecified atom stereocenters. The number of amides is 2. The van der Waals surface area contributed by atoms with Crippen LogP contribution in [-0.4, -0.2) is 23.9 Å². The molecule has 24 heavy (non-hydrogen) atoms. The first-order valence-corrected chi connectivity index (χ1v) is 9.97. The molecule has 0 radical (unpaired) electrons. The molecule has 2 aliphatic carbocycles. The molecular weight excluding hydrogens is 300 g/mol. The number of rotatable bonds is 5. The van der Waals surface area contributed by atoms with Crippen molar-refractivity contribution < 1.29 is 9.59 Å². The summed E-state index contributed by atoms with van der Waals surface area (Å²) in [5.41, 5.74) is 0. The summed E-state index contributed by atoms with van der Waals surface area (Å²) in [4.78, 5) is 24.4. The van der Waals surface area contributed by atoms with Gasteiger partial charge in [-0.1, -0.05) is 53.4 Å². The molecule has 4 heteroatoms. The normalized spacial score (nSPS) is 36.8. The highest BCUT2D eigenvalue weighted by Crippen LogP contribution is 2.30. The van der Waals surface area contributed by atoms with E-state index in [0.29, 0.717) is 36.5 Å². The molecule has 138 valence electrons. The van der Waals surface area contributed by atoms with E-state index in [1.807, 2.05) is 0 Å². The number of hydrogen-bond donors (Lipinski definition) is 2. The Morgan fingerprint density at radius 3 is 1.46 bits per heavy atom. The van der Waals surface area contributed by atoms with E-state index in [2.05, 4.69) is 38.3 Å². The Balaban J connectivity index is 1.70. The zero-order chi connectivity index (χ0) is 17.7. The monoisotopic (exact) mass is 336 g/mol. The van der Waals surface area contributed by atoms with E-state index in [4.69, 9.17) is 0 Å². The van der Waals surface area contributed by atoms with Crippen LogP contribution in [0.2, 0.25) is 0 Å². The minimum atomic E-state index is 0.0289. The first kappa shape index (κ1) is 19.3. The summed E-state index contributed by atoms with van der Waals surface area (Å²) in [6.07, 6.45) is 7.65. The maximum Gasteiger partial charge on any atom is 0.220 e. The van der Waals surface area contributed by atoms with E-state index in [1.54, 1.807) is 0 Å².